The number of anilines is 1. The molecule has 0 bridgehead atoms. The van der Waals surface area contributed by atoms with Crippen molar-refractivity contribution in [2.24, 2.45) is 0 Å². The largest absolute Gasteiger partial charge is 0.463 e. The molecule has 20 heavy (non-hydrogen) atoms. The van der Waals surface area contributed by atoms with Crippen LogP contribution < -0.4 is 4.72 Å². The Morgan fingerprint density at radius 3 is 2.70 bits per heavy atom. The molecule has 1 N–H and O–H groups in total. The summed E-state index contributed by atoms with van der Waals surface area (Å²) in [5.41, 5.74) is 0.0359. The van der Waals surface area contributed by atoms with E-state index in [1.54, 1.807) is 0 Å². The quantitative estimate of drug-likeness (QED) is 0.522. The Labute approximate surface area is 117 Å². The van der Waals surface area contributed by atoms with Crippen molar-refractivity contribution >= 4 is 21.7 Å². The number of furan rings is 1. The highest BCUT2D eigenvalue weighted by Gasteiger charge is 2.20. The fourth-order valence-electron chi connectivity index (χ4n) is 1.27. The van der Waals surface area contributed by atoms with Crippen molar-refractivity contribution in [1.29, 1.82) is 0 Å². The number of carbonyl (C=O) groups is 1. The first kappa shape index (κ1) is 16.5. The van der Waals surface area contributed by atoms with Gasteiger partial charge in [-0.1, -0.05) is 0 Å². The molecule has 0 fully saturated rings. The zero-order valence-electron chi connectivity index (χ0n) is 11.2. The van der Waals surface area contributed by atoms with E-state index in [4.69, 9.17) is 13.9 Å². The Morgan fingerprint density at radius 1 is 1.30 bits per heavy atom. The van der Waals surface area contributed by atoms with Crippen LogP contribution in [0.3, 0.4) is 0 Å². The van der Waals surface area contributed by atoms with Crippen LogP contribution >= 0.6 is 0 Å². The van der Waals surface area contributed by atoms with E-state index in [0.29, 0.717) is 13.2 Å². The SMILES string of the molecule is COCCOCCS(=O)(=O)Nc1ccoc1C(=O)OC. The highest BCUT2D eigenvalue weighted by Crippen LogP contribution is 2.19. The van der Waals surface area contributed by atoms with Gasteiger partial charge in [-0.2, -0.15) is 0 Å². The number of esters is 1. The second-order valence-electron chi connectivity index (χ2n) is 3.68. The lowest BCUT2D eigenvalue weighted by Gasteiger charge is -2.07. The van der Waals surface area contributed by atoms with Gasteiger partial charge in [0.15, 0.2) is 0 Å². The van der Waals surface area contributed by atoms with E-state index in [-0.39, 0.29) is 23.8 Å². The molecule has 0 aliphatic rings. The smallest absolute Gasteiger partial charge is 0.376 e. The van der Waals surface area contributed by atoms with Crippen LogP contribution in [0.2, 0.25) is 0 Å². The minimum Gasteiger partial charge on any atom is -0.463 e. The van der Waals surface area contributed by atoms with Gasteiger partial charge in [0.05, 0.1) is 38.9 Å². The predicted octanol–water partition coefficient (Wildman–Crippen LogP) is 0.471. The van der Waals surface area contributed by atoms with Crippen molar-refractivity contribution in [2.75, 3.05) is 44.5 Å². The lowest BCUT2D eigenvalue weighted by molar-refractivity contribution is 0.0566. The number of hydrogen-bond acceptors (Lipinski definition) is 7. The van der Waals surface area contributed by atoms with E-state index < -0.39 is 16.0 Å². The molecule has 1 rings (SSSR count). The lowest BCUT2D eigenvalue weighted by atomic mass is 10.4. The van der Waals surface area contributed by atoms with Gasteiger partial charge in [-0.15, -0.1) is 0 Å². The monoisotopic (exact) mass is 307 g/mol. The van der Waals surface area contributed by atoms with Gasteiger partial charge in [0.2, 0.25) is 15.8 Å². The molecule has 0 aliphatic heterocycles. The molecule has 0 unspecified atom stereocenters. The van der Waals surface area contributed by atoms with E-state index in [1.807, 2.05) is 0 Å². The van der Waals surface area contributed by atoms with Crippen molar-refractivity contribution < 1.29 is 31.8 Å². The molecular weight excluding hydrogens is 290 g/mol. The van der Waals surface area contributed by atoms with E-state index in [1.165, 1.54) is 26.5 Å². The van der Waals surface area contributed by atoms with E-state index in [2.05, 4.69) is 9.46 Å². The fourth-order valence-corrected chi connectivity index (χ4v) is 2.21. The first-order chi connectivity index (χ1) is 9.50. The highest BCUT2D eigenvalue weighted by atomic mass is 32.2. The summed E-state index contributed by atoms with van der Waals surface area (Å²) in [6, 6.07) is 1.33. The third-order valence-corrected chi connectivity index (χ3v) is 3.46. The van der Waals surface area contributed by atoms with Gasteiger partial charge in [0.1, 0.15) is 5.69 Å². The number of ether oxygens (including phenoxy) is 3. The minimum absolute atomic E-state index is 0.0180. The van der Waals surface area contributed by atoms with Gasteiger partial charge in [-0.3, -0.25) is 4.72 Å². The molecule has 0 spiro atoms. The highest BCUT2D eigenvalue weighted by molar-refractivity contribution is 7.92. The lowest BCUT2D eigenvalue weighted by Crippen LogP contribution is -2.21. The molecule has 0 aliphatic carbocycles. The average Bonchev–Trinajstić information content (AvgIpc) is 2.84. The van der Waals surface area contributed by atoms with Crippen LogP contribution in [0.1, 0.15) is 10.6 Å². The number of carbonyl (C=O) groups excluding carboxylic acids is 1. The van der Waals surface area contributed by atoms with Crippen LogP contribution in [0.4, 0.5) is 5.69 Å². The third kappa shape index (κ3) is 5.19. The predicted molar refractivity (Wildman–Crippen MR) is 70.2 cm³/mol. The molecule has 114 valence electrons. The molecular formula is C11H17NO7S. The van der Waals surface area contributed by atoms with Crippen LogP contribution in [0.25, 0.3) is 0 Å². The van der Waals surface area contributed by atoms with Gasteiger partial charge < -0.3 is 18.6 Å². The van der Waals surface area contributed by atoms with Crippen LogP contribution in [0.15, 0.2) is 16.7 Å². The van der Waals surface area contributed by atoms with Gasteiger partial charge in [-0.25, -0.2) is 13.2 Å². The third-order valence-electron chi connectivity index (χ3n) is 2.23. The Balaban J connectivity index is 2.54. The standard InChI is InChI=1S/C11H17NO7S/c1-16-5-6-18-7-8-20(14,15)12-9-3-4-19-10(9)11(13)17-2/h3-4,12H,5-8H2,1-2H3. The Kier molecular flexibility index (Phi) is 6.49. The number of rotatable bonds is 9. The van der Waals surface area contributed by atoms with E-state index >= 15 is 0 Å². The van der Waals surface area contributed by atoms with Crippen LogP contribution in [0.5, 0.6) is 0 Å². The molecule has 0 radical (unpaired) electrons. The molecule has 1 aromatic heterocycles. The molecule has 8 nitrogen and oxygen atoms in total. The summed E-state index contributed by atoms with van der Waals surface area (Å²) in [7, 11) is -0.943. The molecule has 0 saturated carbocycles. The number of nitrogens with one attached hydrogen (secondary N) is 1. The van der Waals surface area contributed by atoms with Crippen LogP contribution in [-0.4, -0.2) is 54.2 Å². The molecule has 0 saturated heterocycles. The van der Waals surface area contributed by atoms with Crippen molar-refractivity contribution in [3.63, 3.8) is 0 Å². The van der Waals surface area contributed by atoms with Crippen molar-refractivity contribution in [3.05, 3.63) is 18.1 Å². The topological polar surface area (TPSA) is 104 Å². The minimum atomic E-state index is -3.64. The fraction of sp³-hybridized carbons (Fsp3) is 0.545. The van der Waals surface area contributed by atoms with Crippen molar-refractivity contribution in [2.45, 2.75) is 0 Å². The van der Waals surface area contributed by atoms with Gasteiger partial charge >= 0.3 is 5.97 Å². The summed E-state index contributed by atoms with van der Waals surface area (Å²) in [4.78, 5) is 11.3. The Morgan fingerprint density at radius 2 is 2.05 bits per heavy atom. The van der Waals surface area contributed by atoms with Crippen molar-refractivity contribution in [1.82, 2.24) is 0 Å². The molecule has 0 aromatic carbocycles. The zero-order chi connectivity index (χ0) is 15.0. The Bertz CT molecular complexity index is 523. The van der Waals surface area contributed by atoms with Crippen LogP contribution in [-0.2, 0) is 24.2 Å². The zero-order valence-corrected chi connectivity index (χ0v) is 12.1. The van der Waals surface area contributed by atoms with Gasteiger partial charge in [-0.05, 0) is 0 Å². The second-order valence-corrected chi connectivity index (χ2v) is 5.52. The van der Waals surface area contributed by atoms with Crippen LogP contribution in [0, 0.1) is 0 Å². The van der Waals surface area contributed by atoms with Crippen molar-refractivity contribution in [3.8, 4) is 0 Å². The number of hydrogen-bond donors (Lipinski definition) is 1. The summed E-state index contributed by atoms with van der Waals surface area (Å²) < 4.78 is 45.0. The normalized spacial score (nSPS) is 11.3. The number of sulfonamides is 1. The summed E-state index contributed by atoms with van der Waals surface area (Å²) in [5, 5.41) is 0. The maximum absolute atomic E-state index is 11.8. The summed E-state index contributed by atoms with van der Waals surface area (Å²) in [6.07, 6.45) is 1.19. The summed E-state index contributed by atoms with van der Waals surface area (Å²) >= 11 is 0. The molecule has 1 heterocycles. The first-order valence-electron chi connectivity index (χ1n) is 5.73. The Hall–Kier alpha value is -1.58. The maximum Gasteiger partial charge on any atom is 0.376 e. The average molecular weight is 307 g/mol. The van der Waals surface area contributed by atoms with E-state index in [9.17, 15) is 13.2 Å². The number of methoxy groups -OCH3 is 2. The molecule has 1 aromatic rings. The molecule has 9 heteroatoms. The second kappa shape index (κ2) is 7.88. The maximum atomic E-state index is 11.8. The molecule has 0 atom stereocenters. The molecule has 0 amide bonds. The van der Waals surface area contributed by atoms with Gasteiger partial charge in [0.25, 0.3) is 0 Å². The van der Waals surface area contributed by atoms with E-state index in [0.717, 1.165) is 0 Å². The summed E-state index contributed by atoms with van der Waals surface area (Å²) in [5.74, 6) is -1.21. The van der Waals surface area contributed by atoms with Gasteiger partial charge in [0, 0.05) is 13.2 Å². The summed E-state index contributed by atoms with van der Waals surface area (Å²) in [6.45, 7) is 0.719. The first-order valence-corrected chi connectivity index (χ1v) is 7.38.